The molecule has 1 aliphatic rings. The van der Waals surface area contributed by atoms with E-state index in [1.807, 2.05) is 31.2 Å². The molecule has 1 aromatic rings. The van der Waals surface area contributed by atoms with Crippen LogP contribution in [0.4, 0.5) is 0 Å². The van der Waals surface area contributed by atoms with E-state index < -0.39 is 0 Å². The van der Waals surface area contributed by atoms with Crippen molar-refractivity contribution in [3.05, 3.63) is 29.8 Å². The lowest BCUT2D eigenvalue weighted by Crippen LogP contribution is -2.40. The van der Waals surface area contributed by atoms with Crippen LogP contribution in [0.15, 0.2) is 24.3 Å². The number of aliphatic hydroxyl groups excluding tert-OH is 1. The minimum absolute atomic E-state index is 0.300. The molecule has 1 aliphatic carbocycles. The summed E-state index contributed by atoms with van der Waals surface area (Å²) >= 11 is 0. The molecule has 4 heteroatoms. The Bertz CT molecular complexity index is 464. The van der Waals surface area contributed by atoms with Crippen molar-refractivity contribution in [3.63, 3.8) is 0 Å². The van der Waals surface area contributed by atoms with Crippen molar-refractivity contribution in [3.8, 4) is 5.75 Å². The molecule has 0 radical (unpaired) electrons. The first kappa shape index (κ1) is 17.0. The second kappa shape index (κ2) is 8.30. The summed E-state index contributed by atoms with van der Waals surface area (Å²) < 4.78 is 5.06. The van der Waals surface area contributed by atoms with Gasteiger partial charge in [-0.3, -0.25) is 9.69 Å². The van der Waals surface area contributed by atoms with Crippen LogP contribution < -0.4 is 4.74 Å². The van der Waals surface area contributed by atoms with Gasteiger partial charge in [0.25, 0.3) is 0 Å². The molecule has 2 rings (SSSR count). The first-order valence-corrected chi connectivity index (χ1v) is 8.24. The highest BCUT2D eigenvalue weighted by molar-refractivity contribution is 5.69. The van der Waals surface area contributed by atoms with E-state index >= 15 is 0 Å². The van der Waals surface area contributed by atoms with Gasteiger partial charge < -0.3 is 9.84 Å². The van der Waals surface area contributed by atoms with Crippen molar-refractivity contribution in [1.82, 2.24) is 4.90 Å². The Kier molecular flexibility index (Phi) is 6.40. The molecule has 0 aliphatic heterocycles. The molecule has 1 aromatic carbocycles. The van der Waals surface area contributed by atoms with Crippen LogP contribution in [0.1, 0.15) is 51.5 Å². The van der Waals surface area contributed by atoms with Gasteiger partial charge in [-0.25, -0.2) is 0 Å². The van der Waals surface area contributed by atoms with Crippen LogP contribution in [-0.2, 0) is 11.3 Å². The zero-order valence-corrected chi connectivity index (χ0v) is 13.6. The molecule has 1 saturated carbocycles. The van der Waals surface area contributed by atoms with Crippen molar-refractivity contribution < 1.29 is 14.6 Å². The van der Waals surface area contributed by atoms with E-state index in [0.29, 0.717) is 18.3 Å². The van der Waals surface area contributed by atoms with Crippen LogP contribution in [0.3, 0.4) is 0 Å². The molecule has 1 N–H and O–H groups in total. The zero-order valence-electron chi connectivity index (χ0n) is 13.6. The van der Waals surface area contributed by atoms with Crippen molar-refractivity contribution in [2.45, 2.75) is 64.6 Å². The molecule has 0 aromatic heterocycles. The highest BCUT2D eigenvalue weighted by Crippen LogP contribution is 2.24. The van der Waals surface area contributed by atoms with Crippen LogP contribution in [0.25, 0.3) is 0 Å². The predicted molar refractivity (Wildman–Crippen MR) is 86.7 cm³/mol. The quantitative estimate of drug-likeness (QED) is 0.648. The van der Waals surface area contributed by atoms with Crippen molar-refractivity contribution >= 4 is 5.97 Å². The molecule has 0 saturated heterocycles. The summed E-state index contributed by atoms with van der Waals surface area (Å²) in [6, 6.07) is 8.22. The number of carbonyl (C=O) groups is 1. The van der Waals surface area contributed by atoms with Gasteiger partial charge in [0.1, 0.15) is 5.75 Å². The Labute approximate surface area is 133 Å². The molecule has 1 unspecified atom stereocenters. The Morgan fingerprint density at radius 1 is 1.27 bits per heavy atom. The number of hydrogen-bond acceptors (Lipinski definition) is 4. The standard InChI is InChI=1S/C18H27NO3/c1-14(20)12-19(17-6-4-3-5-7-17)13-16-8-10-18(11-9-16)22-15(2)21/h8-11,14,17,20H,3-7,12-13H2,1-2H3. The van der Waals surface area contributed by atoms with Gasteiger partial charge >= 0.3 is 5.97 Å². The molecule has 1 atom stereocenters. The number of rotatable bonds is 6. The van der Waals surface area contributed by atoms with Crippen molar-refractivity contribution in [2.75, 3.05) is 6.54 Å². The van der Waals surface area contributed by atoms with Gasteiger partial charge in [-0.15, -0.1) is 0 Å². The Hall–Kier alpha value is -1.39. The average molecular weight is 305 g/mol. The molecule has 22 heavy (non-hydrogen) atoms. The molecule has 0 heterocycles. The minimum atomic E-state index is -0.317. The van der Waals surface area contributed by atoms with E-state index in [4.69, 9.17) is 4.74 Å². The lowest BCUT2D eigenvalue weighted by Gasteiger charge is -2.35. The number of ether oxygens (including phenoxy) is 1. The average Bonchev–Trinajstić information content (AvgIpc) is 2.48. The normalized spacial score (nSPS) is 17.5. The smallest absolute Gasteiger partial charge is 0.308 e. The van der Waals surface area contributed by atoms with Gasteiger partial charge in [-0.1, -0.05) is 31.4 Å². The van der Waals surface area contributed by atoms with Crippen molar-refractivity contribution in [1.29, 1.82) is 0 Å². The second-order valence-electron chi connectivity index (χ2n) is 6.31. The summed E-state index contributed by atoms with van der Waals surface area (Å²) in [5.74, 6) is 0.279. The number of benzene rings is 1. The van der Waals surface area contributed by atoms with E-state index in [0.717, 1.165) is 6.54 Å². The topological polar surface area (TPSA) is 49.8 Å². The van der Waals surface area contributed by atoms with Crippen LogP contribution in [0, 0.1) is 0 Å². The van der Waals surface area contributed by atoms with E-state index in [2.05, 4.69) is 4.90 Å². The maximum atomic E-state index is 10.9. The zero-order chi connectivity index (χ0) is 15.9. The highest BCUT2D eigenvalue weighted by Gasteiger charge is 2.22. The summed E-state index contributed by atoms with van der Waals surface area (Å²) in [6.45, 7) is 4.78. The molecule has 0 bridgehead atoms. The van der Waals surface area contributed by atoms with Crippen LogP contribution >= 0.6 is 0 Å². The summed E-state index contributed by atoms with van der Waals surface area (Å²) in [7, 11) is 0. The highest BCUT2D eigenvalue weighted by atomic mass is 16.5. The predicted octanol–water partition coefficient (Wildman–Crippen LogP) is 3.13. The lowest BCUT2D eigenvalue weighted by molar-refractivity contribution is -0.131. The molecule has 0 spiro atoms. The number of nitrogens with zero attached hydrogens (tertiary/aromatic N) is 1. The van der Waals surface area contributed by atoms with Gasteiger partial charge in [-0.2, -0.15) is 0 Å². The van der Waals surface area contributed by atoms with Gasteiger partial charge in [0.2, 0.25) is 0 Å². The SMILES string of the molecule is CC(=O)Oc1ccc(CN(CC(C)O)C2CCCCC2)cc1. The monoisotopic (exact) mass is 305 g/mol. The van der Waals surface area contributed by atoms with Gasteiger partial charge in [0.15, 0.2) is 0 Å². The molecule has 4 nitrogen and oxygen atoms in total. The fourth-order valence-corrected chi connectivity index (χ4v) is 3.19. The third-order valence-corrected chi connectivity index (χ3v) is 4.16. The van der Waals surface area contributed by atoms with Gasteiger partial charge in [0, 0.05) is 26.1 Å². The Morgan fingerprint density at radius 3 is 2.45 bits per heavy atom. The molecule has 122 valence electrons. The Morgan fingerprint density at radius 2 is 1.91 bits per heavy atom. The second-order valence-corrected chi connectivity index (χ2v) is 6.31. The third kappa shape index (κ3) is 5.43. The molecular weight excluding hydrogens is 278 g/mol. The van der Waals surface area contributed by atoms with Gasteiger partial charge in [0.05, 0.1) is 6.10 Å². The van der Waals surface area contributed by atoms with E-state index in [9.17, 15) is 9.90 Å². The number of hydrogen-bond donors (Lipinski definition) is 1. The van der Waals surface area contributed by atoms with E-state index in [1.165, 1.54) is 44.6 Å². The number of esters is 1. The van der Waals surface area contributed by atoms with Crippen LogP contribution in [0.2, 0.25) is 0 Å². The summed E-state index contributed by atoms with van der Waals surface area (Å²) in [4.78, 5) is 13.3. The molecule has 0 amide bonds. The number of carbonyl (C=O) groups excluding carboxylic acids is 1. The van der Waals surface area contributed by atoms with Crippen molar-refractivity contribution in [2.24, 2.45) is 0 Å². The lowest BCUT2D eigenvalue weighted by atomic mass is 9.93. The van der Waals surface area contributed by atoms with Crippen LogP contribution in [0.5, 0.6) is 5.75 Å². The largest absolute Gasteiger partial charge is 0.427 e. The first-order chi connectivity index (χ1) is 10.5. The fourth-order valence-electron chi connectivity index (χ4n) is 3.19. The van der Waals surface area contributed by atoms with Gasteiger partial charge in [-0.05, 0) is 37.5 Å². The number of aliphatic hydroxyl groups is 1. The summed E-state index contributed by atoms with van der Waals surface area (Å²) in [6.07, 6.45) is 6.02. The first-order valence-electron chi connectivity index (χ1n) is 8.24. The van der Waals surface area contributed by atoms with E-state index in [-0.39, 0.29) is 12.1 Å². The van der Waals surface area contributed by atoms with E-state index in [1.54, 1.807) is 0 Å². The summed E-state index contributed by atoms with van der Waals surface area (Å²) in [5.41, 5.74) is 1.18. The molecular formula is C18H27NO3. The Balaban J connectivity index is 2.00. The fraction of sp³-hybridized carbons (Fsp3) is 0.611. The molecule has 1 fully saturated rings. The maximum absolute atomic E-state index is 10.9. The summed E-state index contributed by atoms with van der Waals surface area (Å²) in [5, 5.41) is 9.78. The minimum Gasteiger partial charge on any atom is -0.427 e. The third-order valence-electron chi connectivity index (χ3n) is 4.16. The maximum Gasteiger partial charge on any atom is 0.308 e. The van der Waals surface area contributed by atoms with Crippen LogP contribution in [-0.4, -0.2) is 34.7 Å².